The summed E-state index contributed by atoms with van der Waals surface area (Å²) in [5.41, 5.74) is 11.4. The third kappa shape index (κ3) is 3.46. The highest BCUT2D eigenvalue weighted by Crippen LogP contribution is 2.37. The van der Waals surface area contributed by atoms with Gasteiger partial charge >= 0.3 is 0 Å². The van der Waals surface area contributed by atoms with Crippen molar-refractivity contribution in [3.63, 3.8) is 0 Å². The molecular formula is C24H26N6O2. The van der Waals surface area contributed by atoms with Crippen molar-refractivity contribution in [1.82, 2.24) is 24.5 Å². The fourth-order valence-corrected chi connectivity index (χ4v) is 4.88. The van der Waals surface area contributed by atoms with Crippen LogP contribution < -0.4 is 5.73 Å². The van der Waals surface area contributed by atoms with E-state index in [9.17, 15) is 4.79 Å². The van der Waals surface area contributed by atoms with Gasteiger partial charge in [-0.1, -0.05) is 35.5 Å². The zero-order valence-electron chi connectivity index (χ0n) is 18.2. The number of hydrogen-bond acceptors (Lipinski definition) is 5. The first-order chi connectivity index (χ1) is 15.5. The SMILES string of the molecule is Cc1nnn(C)c1-c1cc(C(N)=O)c2ncn(C(c3ccccc3)C3CCOCC3)c2c1. The van der Waals surface area contributed by atoms with E-state index in [4.69, 9.17) is 10.5 Å². The van der Waals surface area contributed by atoms with Crippen LogP contribution in [0.1, 0.15) is 40.5 Å². The molecule has 1 aliphatic heterocycles. The molecule has 1 atom stereocenters. The first-order valence-electron chi connectivity index (χ1n) is 10.8. The molecule has 1 amide bonds. The third-order valence-electron chi connectivity index (χ3n) is 6.37. The molecule has 2 N–H and O–H groups in total. The fourth-order valence-electron chi connectivity index (χ4n) is 4.88. The Morgan fingerprint density at radius 1 is 1.19 bits per heavy atom. The quantitative estimate of drug-likeness (QED) is 0.524. The Balaban J connectivity index is 1.75. The Hall–Kier alpha value is -3.52. The number of nitrogens with zero attached hydrogens (tertiary/aromatic N) is 5. The molecule has 0 aliphatic carbocycles. The number of carbonyl (C=O) groups excluding carboxylic acids is 1. The van der Waals surface area contributed by atoms with Gasteiger partial charge in [0, 0.05) is 25.8 Å². The van der Waals surface area contributed by atoms with Crippen LogP contribution >= 0.6 is 0 Å². The minimum Gasteiger partial charge on any atom is -0.381 e. The smallest absolute Gasteiger partial charge is 0.250 e. The molecule has 8 nitrogen and oxygen atoms in total. The number of hydrogen-bond donors (Lipinski definition) is 1. The Labute approximate surface area is 186 Å². The Morgan fingerprint density at radius 2 is 1.94 bits per heavy atom. The number of fused-ring (bicyclic) bond motifs is 1. The Kier molecular flexibility index (Phi) is 5.22. The Morgan fingerprint density at radius 3 is 2.59 bits per heavy atom. The lowest BCUT2D eigenvalue weighted by Gasteiger charge is -2.32. The maximum absolute atomic E-state index is 12.4. The topological polar surface area (TPSA) is 101 Å². The summed E-state index contributed by atoms with van der Waals surface area (Å²) in [7, 11) is 1.84. The number of aryl methyl sites for hydroxylation is 2. The summed E-state index contributed by atoms with van der Waals surface area (Å²) in [4.78, 5) is 17.0. The van der Waals surface area contributed by atoms with Crippen molar-refractivity contribution >= 4 is 16.9 Å². The van der Waals surface area contributed by atoms with Gasteiger partial charge in [-0.05, 0) is 43.4 Å². The standard InChI is InChI=1S/C24H26N6O2/c1-15-22(29(2)28-27-15)18-12-19(24(25)31)21-20(13-18)30(14-26-21)23(16-6-4-3-5-7-16)17-8-10-32-11-9-17/h3-7,12-14,17,23H,8-11H2,1-2H3,(H2,25,31). The highest BCUT2D eigenvalue weighted by Gasteiger charge is 2.29. The molecule has 164 valence electrons. The summed E-state index contributed by atoms with van der Waals surface area (Å²) in [6.45, 7) is 3.40. The highest BCUT2D eigenvalue weighted by atomic mass is 16.5. The van der Waals surface area contributed by atoms with Gasteiger partial charge in [0.1, 0.15) is 5.52 Å². The number of primary amides is 1. The summed E-state index contributed by atoms with van der Waals surface area (Å²) in [5, 5.41) is 8.30. The normalized spacial score (nSPS) is 15.8. The molecule has 0 spiro atoms. The third-order valence-corrected chi connectivity index (χ3v) is 6.37. The molecule has 8 heteroatoms. The van der Waals surface area contributed by atoms with Crippen LogP contribution in [0.3, 0.4) is 0 Å². The second-order valence-electron chi connectivity index (χ2n) is 8.36. The summed E-state index contributed by atoms with van der Waals surface area (Å²) < 4.78 is 9.54. The molecule has 32 heavy (non-hydrogen) atoms. The van der Waals surface area contributed by atoms with E-state index in [2.05, 4.69) is 50.2 Å². The summed E-state index contributed by atoms with van der Waals surface area (Å²) >= 11 is 0. The zero-order chi connectivity index (χ0) is 22.2. The maximum Gasteiger partial charge on any atom is 0.250 e. The molecule has 1 fully saturated rings. The van der Waals surface area contributed by atoms with Crippen molar-refractivity contribution < 1.29 is 9.53 Å². The van der Waals surface area contributed by atoms with E-state index >= 15 is 0 Å². The van der Waals surface area contributed by atoms with Gasteiger partial charge in [0.05, 0.1) is 34.8 Å². The number of rotatable bonds is 5. The maximum atomic E-state index is 12.4. The molecule has 0 radical (unpaired) electrons. The molecule has 5 rings (SSSR count). The minimum absolute atomic E-state index is 0.0758. The van der Waals surface area contributed by atoms with Gasteiger partial charge in [-0.15, -0.1) is 5.10 Å². The number of amides is 1. The lowest BCUT2D eigenvalue weighted by Crippen LogP contribution is -2.26. The lowest BCUT2D eigenvalue weighted by molar-refractivity contribution is 0.0547. The molecule has 2 aromatic carbocycles. The predicted molar refractivity (Wildman–Crippen MR) is 121 cm³/mol. The number of benzene rings is 2. The van der Waals surface area contributed by atoms with Crippen molar-refractivity contribution in [3.8, 4) is 11.3 Å². The van der Waals surface area contributed by atoms with E-state index in [0.29, 0.717) is 17.0 Å². The van der Waals surface area contributed by atoms with Gasteiger partial charge in [0.2, 0.25) is 0 Å². The summed E-state index contributed by atoms with van der Waals surface area (Å²) in [6, 6.07) is 14.4. The molecular weight excluding hydrogens is 404 g/mol. The van der Waals surface area contributed by atoms with Crippen LogP contribution in [-0.4, -0.2) is 43.7 Å². The average molecular weight is 431 g/mol. The van der Waals surface area contributed by atoms with Gasteiger partial charge in [-0.3, -0.25) is 4.79 Å². The first-order valence-corrected chi connectivity index (χ1v) is 10.8. The van der Waals surface area contributed by atoms with Gasteiger partial charge in [0.25, 0.3) is 5.91 Å². The van der Waals surface area contributed by atoms with E-state index in [1.807, 2.05) is 26.4 Å². The fraction of sp³-hybridized carbons (Fsp3) is 0.333. The van der Waals surface area contributed by atoms with Crippen molar-refractivity contribution in [3.05, 3.63) is 65.6 Å². The van der Waals surface area contributed by atoms with Crippen LogP contribution in [0.15, 0.2) is 48.8 Å². The monoisotopic (exact) mass is 430 g/mol. The van der Waals surface area contributed by atoms with E-state index in [1.165, 1.54) is 5.56 Å². The van der Waals surface area contributed by atoms with E-state index in [0.717, 1.165) is 48.5 Å². The van der Waals surface area contributed by atoms with Crippen molar-refractivity contribution in [2.75, 3.05) is 13.2 Å². The molecule has 2 aromatic heterocycles. The van der Waals surface area contributed by atoms with Crippen LogP contribution in [0.5, 0.6) is 0 Å². The van der Waals surface area contributed by atoms with Crippen LogP contribution in [0.25, 0.3) is 22.3 Å². The van der Waals surface area contributed by atoms with Gasteiger partial charge in [-0.2, -0.15) is 0 Å². The molecule has 4 aromatic rings. The number of ether oxygens (including phenoxy) is 1. The van der Waals surface area contributed by atoms with E-state index in [-0.39, 0.29) is 6.04 Å². The van der Waals surface area contributed by atoms with Crippen molar-refractivity contribution in [2.24, 2.45) is 18.7 Å². The second-order valence-corrected chi connectivity index (χ2v) is 8.36. The van der Waals surface area contributed by atoms with Crippen LogP contribution in [0, 0.1) is 12.8 Å². The van der Waals surface area contributed by atoms with Gasteiger partial charge < -0.3 is 15.0 Å². The number of imidazole rings is 1. The zero-order valence-corrected chi connectivity index (χ0v) is 18.2. The summed E-state index contributed by atoms with van der Waals surface area (Å²) in [5.74, 6) is -0.110. The van der Waals surface area contributed by atoms with E-state index in [1.54, 1.807) is 10.7 Å². The minimum atomic E-state index is -0.503. The summed E-state index contributed by atoms with van der Waals surface area (Å²) in [6.07, 6.45) is 3.76. The number of aromatic nitrogens is 5. The van der Waals surface area contributed by atoms with Gasteiger partial charge in [0.15, 0.2) is 0 Å². The van der Waals surface area contributed by atoms with Gasteiger partial charge in [-0.25, -0.2) is 9.67 Å². The molecule has 1 aliphatic rings. The second kappa shape index (κ2) is 8.20. The van der Waals surface area contributed by atoms with Crippen LogP contribution in [-0.2, 0) is 11.8 Å². The van der Waals surface area contributed by atoms with Crippen LogP contribution in [0.4, 0.5) is 0 Å². The lowest BCUT2D eigenvalue weighted by atomic mass is 9.86. The predicted octanol–water partition coefficient (Wildman–Crippen LogP) is 3.26. The van der Waals surface area contributed by atoms with Crippen molar-refractivity contribution in [1.29, 1.82) is 0 Å². The first kappa shape index (κ1) is 20.4. The molecule has 3 heterocycles. The number of nitrogens with two attached hydrogens (primary N) is 1. The van der Waals surface area contributed by atoms with Crippen LogP contribution in [0.2, 0.25) is 0 Å². The highest BCUT2D eigenvalue weighted by molar-refractivity contribution is 6.06. The van der Waals surface area contributed by atoms with Crippen molar-refractivity contribution in [2.45, 2.75) is 25.8 Å². The van der Waals surface area contributed by atoms with E-state index < -0.39 is 5.91 Å². The number of carbonyl (C=O) groups is 1. The molecule has 0 bridgehead atoms. The molecule has 0 saturated carbocycles. The average Bonchev–Trinajstić information content (AvgIpc) is 3.37. The molecule has 1 saturated heterocycles. The largest absolute Gasteiger partial charge is 0.381 e. The Bertz CT molecular complexity index is 1250. The molecule has 1 unspecified atom stereocenters.